The molecule has 1 aliphatic rings. The monoisotopic (exact) mass is 196 g/mol. The SMILES string of the molecule is Clc1ccc(OCCC2CC2)cc1. The minimum atomic E-state index is 0.759. The Hall–Kier alpha value is -0.690. The van der Waals surface area contributed by atoms with Crippen molar-refractivity contribution in [2.24, 2.45) is 5.92 Å². The molecule has 1 nitrogen and oxygen atoms in total. The van der Waals surface area contributed by atoms with Crippen LogP contribution in [-0.2, 0) is 0 Å². The third-order valence-corrected chi connectivity index (χ3v) is 2.56. The van der Waals surface area contributed by atoms with Gasteiger partial charge in [-0.25, -0.2) is 0 Å². The van der Waals surface area contributed by atoms with Crippen molar-refractivity contribution in [1.29, 1.82) is 0 Å². The van der Waals surface area contributed by atoms with Gasteiger partial charge in [0.2, 0.25) is 0 Å². The Morgan fingerprint density at radius 1 is 1.23 bits per heavy atom. The van der Waals surface area contributed by atoms with Crippen LogP contribution in [0.1, 0.15) is 19.3 Å². The maximum atomic E-state index is 5.75. The van der Waals surface area contributed by atoms with E-state index >= 15 is 0 Å². The fourth-order valence-electron chi connectivity index (χ4n) is 1.28. The second kappa shape index (κ2) is 4.01. The molecule has 0 spiro atoms. The molecule has 1 saturated carbocycles. The van der Waals surface area contributed by atoms with Crippen LogP contribution in [0.15, 0.2) is 24.3 Å². The minimum Gasteiger partial charge on any atom is -0.494 e. The summed E-state index contributed by atoms with van der Waals surface area (Å²) in [5.41, 5.74) is 0. The molecule has 13 heavy (non-hydrogen) atoms. The predicted molar refractivity (Wildman–Crippen MR) is 54.3 cm³/mol. The van der Waals surface area contributed by atoms with Gasteiger partial charge in [-0.15, -0.1) is 0 Å². The molecule has 0 atom stereocenters. The van der Waals surface area contributed by atoms with E-state index in [9.17, 15) is 0 Å². The Kier molecular flexibility index (Phi) is 2.74. The number of hydrogen-bond donors (Lipinski definition) is 0. The van der Waals surface area contributed by atoms with Crippen LogP contribution in [0.4, 0.5) is 0 Å². The fraction of sp³-hybridized carbons (Fsp3) is 0.455. The maximum Gasteiger partial charge on any atom is 0.119 e. The van der Waals surface area contributed by atoms with Crippen LogP contribution in [0.25, 0.3) is 0 Å². The Labute approximate surface area is 83.7 Å². The first-order valence-electron chi connectivity index (χ1n) is 4.73. The molecule has 0 unspecified atom stereocenters. The molecule has 1 aromatic carbocycles. The lowest BCUT2D eigenvalue weighted by molar-refractivity contribution is 0.302. The summed E-state index contributed by atoms with van der Waals surface area (Å²) in [4.78, 5) is 0. The van der Waals surface area contributed by atoms with Gasteiger partial charge in [-0.05, 0) is 36.6 Å². The lowest BCUT2D eigenvalue weighted by Crippen LogP contribution is -1.97. The third-order valence-electron chi connectivity index (χ3n) is 2.31. The van der Waals surface area contributed by atoms with Crippen LogP contribution in [0.3, 0.4) is 0 Å². The Bertz CT molecular complexity index is 264. The largest absolute Gasteiger partial charge is 0.494 e. The lowest BCUT2D eigenvalue weighted by Gasteiger charge is -2.04. The van der Waals surface area contributed by atoms with Crippen molar-refractivity contribution < 1.29 is 4.74 Å². The van der Waals surface area contributed by atoms with Crippen molar-refractivity contribution in [2.45, 2.75) is 19.3 Å². The summed E-state index contributed by atoms with van der Waals surface area (Å²) in [6.45, 7) is 0.840. The number of benzene rings is 1. The zero-order valence-corrected chi connectivity index (χ0v) is 8.26. The zero-order valence-electron chi connectivity index (χ0n) is 7.50. The van der Waals surface area contributed by atoms with Gasteiger partial charge in [-0.3, -0.25) is 0 Å². The van der Waals surface area contributed by atoms with Gasteiger partial charge in [0, 0.05) is 5.02 Å². The van der Waals surface area contributed by atoms with Gasteiger partial charge in [-0.2, -0.15) is 0 Å². The number of hydrogen-bond acceptors (Lipinski definition) is 1. The summed E-state index contributed by atoms with van der Waals surface area (Å²) >= 11 is 5.75. The molecule has 1 aliphatic carbocycles. The zero-order chi connectivity index (χ0) is 9.10. The Morgan fingerprint density at radius 2 is 1.92 bits per heavy atom. The van der Waals surface area contributed by atoms with Gasteiger partial charge in [-0.1, -0.05) is 24.4 Å². The van der Waals surface area contributed by atoms with Crippen molar-refractivity contribution >= 4 is 11.6 Å². The van der Waals surface area contributed by atoms with E-state index in [1.54, 1.807) is 0 Å². The second-order valence-electron chi connectivity index (χ2n) is 3.53. The van der Waals surface area contributed by atoms with Gasteiger partial charge >= 0.3 is 0 Å². The minimum absolute atomic E-state index is 0.759. The van der Waals surface area contributed by atoms with E-state index in [0.29, 0.717) is 0 Å². The molecule has 2 heteroatoms. The van der Waals surface area contributed by atoms with Crippen LogP contribution < -0.4 is 4.74 Å². The standard InChI is InChI=1S/C11H13ClO/c12-10-3-5-11(6-4-10)13-8-7-9-1-2-9/h3-6,9H,1-2,7-8H2. The summed E-state index contributed by atoms with van der Waals surface area (Å²) < 4.78 is 5.55. The average molecular weight is 197 g/mol. The van der Waals surface area contributed by atoms with Crippen LogP contribution in [0, 0.1) is 5.92 Å². The first-order valence-corrected chi connectivity index (χ1v) is 5.11. The van der Waals surface area contributed by atoms with Crippen molar-refractivity contribution in [3.63, 3.8) is 0 Å². The fourth-order valence-corrected chi connectivity index (χ4v) is 1.41. The van der Waals surface area contributed by atoms with E-state index in [0.717, 1.165) is 23.3 Å². The molecular weight excluding hydrogens is 184 g/mol. The second-order valence-corrected chi connectivity index (χ2v) is 3.97. The number of rotatable bonds is 4. The normalized spacial score (nSPS) is 15.8. The molecule has 1 fully saturated rings. The summed E-state index contributed by atoms with van der Waals surface area (Å²) in [5.74, 6) is 1.86. The smallest absolute Gasteiger partial charge is 0.119 e. The molecule has 0 heterocycles. The van der Waals surface area contributed by atoms with Crippen molar-refractivity contribution in [3.05, 3.63) is 29.3 Å². The molecule has 0 N–H and O–H groups in total. The molecule has 2 rings (SSSR count). The van der Waals surface area contributed by atoms with Gasteiger partial charge < -0.3 is 4.74 Å². The molecule has 70 valence electrons. The molecule has 0 aliphatic heterocycles. The molecular formula is C11H13ClO. The summed E-state index contributed by atoms with van der Waals surface area (Å²) in [5, 5.41) is 0.759. The van der Waals surface area contributed by atoms with E-state index in [1.165, 1.54) is 19.3 Å². The third kappa shape index (κ3) is 2.92. The first kappa shape index (κ1) is 8.89. The van der Waals surface area contributed by atoms with Gasteiger partial charge in [0.1, 0.15) is 5.75 Å². The topological polar surface area (TPSA) is 9.23 Å². The molecule has 0 amide bonds. The van der Waals surface area contributed by atoms with Gasteiger partial charge in [0.05, 0.1) is 6.61 Å². The van der Waals surface area contributed by atoms with Crippen LogP contribution in [0.5, 0.6) is 5.75 Å². The molecule has 0 aromatic heterocycles. The van der Waals surface area contributed by atoms with E-state index in [1.807, 2.05) is 24.3 Å². The molecule has 0 saturated heterocycles. The van der Waals surface area contributed by atoms with E-state index < -0.39 is 0 Å². The highest BCUT2D eigenvalue weighted by Crippen LogP contribution is 2.32. The highest BCUT2D eigenvalue weighted by atomic mass is 35.5. The summed E-state index contributed by atoms with van der Waals surface area (Å²) in [6, 6.07) is 7.53. The molecule has 0 bridgehead atoms. The number of ether oxygens (including phenoxy) is 1. The van der Waals surface area contributed by atoms with Crippen molar-refractivity contribution in [1.82, 2.24) is 0 Å². The number of halogens is 1. The molecule has 1 aromatic rings. The van der Waals surface area contributed by atoms with Crippen molar-refractivity contribution in [3.8, 4) is 5.75 Å². The van der Waals surface area contributed by atoms with Crippen LogP contribution in [0.2, 0.25) is 5.02 Å². The Morgan fingerprint density at radius 3 is 2.54 bits per heavy atom. The maximum absolute atomic E-state index is 5.75. The average Bonchev–Trinajstić information content (AvgIpc) is 2.92. The first-order chi connectivity index (χ1) is 6.34. The highest BCUT2D eigenvalue weighted by molar-refractivity contribution is 6.30. The quantitative estimate of drug-likeness (QED) is 0.716. The highest BCUT2D eigenvalue weighted by Gasteiger charge is 2.20. The van der Waals surface area contributed by atoms with E-state index in [2.05, 4.69) is 0 Å². The predicted octanol–water partition coefficient (Wildman–Crippen LogP) is 3.52. The van der Waals surface area contributed by atoms with Crippen LogP contribution >= 0.6 is 11.6 Å². The van der Waals surface area contributed by atoms with Gasteiger partial charge in [0.15, 0.2) is 0 Å². The van der Waals surface area contributed by atoms with E-state index in [-0.39, 0.29) is 0 Å². The Balaban J connectivity index is 1.76. The summed E-state index contributed by atoms with van der Waals surface area (Å²) in [6.07, 6.45) is 3.98. The molecule has 0 radical (unpaired) electrons. The van der Waals surface area contributed by atoms with Crippen molar-refractivity contribution in [2.75, 3.05) is 6.61 Å². The van der Waals surface area contributed by atoms with Gasteiger partial charge in [0.25, 0.3) is 0 Å². The van der Waals surface area contributed by atoms with Crippen LogP contribution in [-0.4, -0.2) is 6.61 Å². The van der Waals surface area contributed by atoms with E-state index in [4.69, 9.17) is 16.3 Å². The summed E-state index contributed by atoms with van der Waals surface area (Å²) in [7, 11) is 0. The lowest BCUT2D eigenvalue weighted by atomic mass is 10.3.